The van der Waals surface area contributed by atoms with E-state index in [4.69, 9.17) is 0 Å². The van der Waals surface area contributed by atoms with E-state index in [-0.39, 0.29) is 23.5 Å². The van der Waals surface area contributed by atoms with Gasteiger partial charge in [0.05, 0.1) is 17.8 Å². The van der Waals surface area contributed by atoms with E-state index in [1.807, 2.05) is 30.4 Å². The van der Waals surface area contributed by atoms with Crippen LogP contribution in [0.25, 0.3) is 5.69 Å². The molecule has 0 unspecified atom stereocenters. The van der Waals surface area contributed by atoms with E-state index < -0.39 is 0 Å². The molecule has 1 aliphatic heterocycles. The molecular weight excluding hydrogens is 230 g/mol. The van der Waals surface area contributed by atoms with Gasteiger partial charge in [0, 0.05) is 0 Å². The summed E-state index contributed by atoms with van der Waals surface area (Å²) in [6.07, 6.45) is 4.84. The molecule has 0 N–H and O–H groups in total. The molecular formula is C13H11N3O2. The third-order valence-electron chi connectivity index (χ3n) is 3.69. The van der Waals surface area contributed by atoms with Crippen LogP contribution in [0.4, 0.5) is 0 Å². The van der Waals surface area contributed by atoms with E-state index in [9.17, 15) is 9.59 Å². The summed E-state index contributed by atoms with van der Waals surface area (Å²) in [4.78, 5) is 24.7. The molecule has 1 aliphatic carbocycles. The average Bonchev–Trinajstić information content (AvgIpc) is 3.05. The van der Waals surface area contributed by atoms with Crippen LogP contribution >= 0.6 is 0 Å². The van der Waals surface area contributed by atoms with Gasteiger partial charge in [0.2, 0.25) is 0 Å². The Kier molecular flexibility index (Phi) is 1.69. The first-order chi connectivity index (χ1) is 8.77. The summed E-state index contributed by atoms with van der Waals surface area (Å²) in [5, 5.41) is 0. The number of rotatable bonds is 1. The maximum atomic E-state index is 12.3. The summed E-state index contributed by atoms with van der Waals surface area (Å²) in [5.74, 6) is 0. The van der Waals surface area contributed by atoms with E-state index >= 15 is 0 Å². The zero-order chi connectivity index (χ0) is 12.3. The fourth-order valence-corrected chi connectivity index (χ4v) is 2.90. The van der Waals surface area contributed by atoms with Crippen LogP contribution in [-0.4, -0.2) is 13.9 Å². The first-order valence-corrected chi connectivity index (χ1v) is 5.97. The van der Waals surface area contributed by atoms with E-state index in [0.717, 1.165) is 6.42 Å². The topological polar surface area (TPSA) is 48.9 Å². The standard InChI is InChI=1S/C13H11N3O2/c17-12-14(9-4-2-1-3-5-9)13(18)16-11-7-6-10(8-11)15(12)16/h1-7,10-11H,8H2/t10-,11-/m0/s1. The minimum atomic E-state index is -0.247. The molecule has 0 spiro atoms. The Bertz CT molecular complexity index is 720. The van der Waals surface area contributed by atoms with E-state index in [1.54, 1.807) is 21.5 Å². The van der Waals surface area contributed by atoms with Crippen LogP contribution in [0.3, 0.4) is 0 Å². The average molecular weight is 241 g/mol. The van der Waals surface area contributed by atoms with Crippen LogP contribution < -0.4 is 11.4 Å². The number of hydrogen-bond donors (Lipinski definition) is 0. The lowest BCUT2D eigenvalue weighted by Crippen LogP contribution is -2.28. The molecule has 2 aromatic rings. The Morgan fingerprint density at radius 1 is 0.889 bits per heavy atom. The number of nitrogens with zero attached hydrogens (tertiary/aromatic N) is 3. The normalized spacial score (nSPS) is 23.6. The van der Waals surface area contributed by atoms with Crippen LogP contribution in [-0.2, 0) is 0 Å². The summed E-state index contributed by atoms with van der Waals surface area (Å²) in [6, 6.07) is 9.13. The number of hydrogen-bond acceptors (Lipinski definition) is 2. The number of para-hydroxylation sites is 1. The molecule has 1 aromatic heterocycles. The van der Waals surface area contributed by atoms with E-state index in [2.05, 4.69) is 0 Å². The van der Waals surface area contributed by atoms with Gasteiger partial charge in [-0.3, -0.25) is 0 Å². The van der Waals surface area contributed by atoms with Crippen molar-refractivity contribution in [3.63, 3.8) is 0 Å². The Balaban J connectivity index is 2.05. The molecule has 5 heteroatoms. The van der Waals surface area contributed by atoms with Crippen molar-refractivity contribution < 1.29 is 0 Å². The molecule has 4 rings (SSSR count). The minimum Gasteiger partial charge on any atom is -0.245 e. The molecule has 2 aliphatic rings. The highest BCUT2D eigenvalue weighted by molar-refractivity contribution is 5.31. The van der Waals surface area contributed by atoms with E-state index in [0.29, 0.717) is 5.69 Å². The molecule has 0 amide bonds. The van der Waals surface area contributed by atoms with Gasteiger partial charge in [0.1, 0.15) is 0 Å². The largest absolute Gasteiger partial charge is 0.352 e. The maximum Gasteiger partial charge on any atom is 0.352 e. The zero-order valence-corrected chi connectivity index (χ0v) is 9.56. The number of allylic oxidation sites excluding steroid dienone is 2. The first-order valence-electron chi connectivity index (χ1n) is 5.97. The SMILES string of the molecule is O=c1n(-c2ccccc2)c(=O)n2n1[C@H]1C=C[C@H]2C1. The number of aromatic nitrogens is 3. The fraction of sp³-hybridized carbons (Fsp3) is 0.231. The molecule has 90 valence electrons. The lowest BCUT2D eigenvalue weighted by atomic mass is 10.2. The molecule has 0 radical (unpaired) electrons. The van der Waals surface area contributed by atoms with Crippen molar-refractivity contribution in [2.75, 3.05) is 0 Å². The van der Waals surface area contributed by atoms with Crippen molar-refractivity contribution in [3.05, 3.63) is 63.5 Å². The van der Waals surface area contributed by atoms with Crippen molar-refractivity contribution in [2.45, 2.75) is 18.5 Å². The minimum absolute atomic E-state index is 0.0418. The lowest BCUT2D eigenvalue weighted by molar-refractivity contribution is 0.505. The highest BCUT2D eigenvalue weighted by Gasteiger charge is 2.37. The summed E-state index contributed by atoms with van der Waals surface area (Å²) in [5.41, 5.74) is 0.132. The van der Waals surface area contributed by atoms with Crippen molar-refractivity contribution in [2.24, 2.45) is 0 Å². The van der Waals surface area contributed by atoms with Gasteiger partial charge in [-0.05, 0) is 18.6 Å². The quantitative estimate of drug-likeness (QED) is 0.695. The maximum absolute atomic E-state index is 12.3. The Morgan fingerprint density at radius 3 is 2.00 bits per heavy atom. The van der Waals surface area contributed by atoms with Gasteiger partial charge in [-0.2, -0.15) is 0 Å². The summed E-state index contributed by atoms with van der Waals surface area (Å²) in [6.45, 7) is 0. The monoisotopic (exact) mass is 241 g/mol. The molecule has 2 heterocycles. The zero-order valence-electron chi connectivity index (χ0n) is 9.56. The molecule has 0 fully saturated rings. The van der Waals surface area contributed by atoms with Crippen molar-refractivity contribution in [3.8, 4) is 5.69 Å². The predicted octanol–water partition coefficient (Wildman–Crippen LogP) is 0.856. The Labute approximate surface area is 102 Å². The van der Waals surface area contributed by atoms with Gasteiger partial charge < -0.3 is 0 Å². The summed E-state index contributed by atoms with van der Waals surface area (Å²) >= 11 is 0. The third-order valence-corrected chi connectivity index (χ3v) is 3.69. The second-order valence-corrected chi connectivity index (χ2v) is 4.68. The summed E-state index contributed by atoms with van der Waals surface area (Å²) < 4.78 is 4.38. The number of benzene rings is 1. The second-order valence-electron chi connectivity index (χ2n) is 4.68. The van der Waals surface area contributed by atoms with Crippen molar-refractivity contribution in [1.82, 2.24) is 13.9 Å². The van der Waals surface area contributed by atoms with Gasteiger partial charge in [0.25, 0.3) is 0 Å². The van der Waals surface area contributed by atoms with Crippen molar-refractivity contribution in [1.29, 1.82) is 0 Å². The number of fused-ring (bicyclic) bond motifs is 5. The second kappa shape index (κ2) is 3.13. The van der Waals surface area contributed by atoms with Gasteiger partial charge >= 0.3 is 11.4 Å². The van der Waals surface area contributed by atoms with Crippen LogP contribution in [0.5, 0.6) is 0 Å². The molecule has 1 aromatic carbocycles. The molecule has 5 nitrogen and oxygen atoms in total. The predicted molar refractivity (Wildman–Crippen MR) is 66.1 cm³/mol. The summed E-state index contributed by atoms with van der Waals surface area (Å²) in [7, 11) is 0. The highest BCUT2D eigenvalue weighted by atomic mass is 16.2. The molecule has 18 heavy (non-hydrogen) atoms. The fourth-order valence-electron chi connectivity index (χ4n) is 2.90. The van der Waals surface area contributed by atoms with Crippen LogP contribution in [0, 0.1) is 0 Å². The van der Waals surface area contributed by atoms with Crippen molar-refractivity contribution >= 4 is 0 Å². The smallest absolute Gasteiger partial charge is 0.245 e. The van der Waals surface area contributed by atoms with E-state index in [1.165, 1.54) is 4.57 Å². The van der Waals surface area contributed by atoms with Gasteiger partial charge in [-0.25, -0.2) is 23.5 Å². The molecule has 0 saturated heterocycles. The molecule has 2 bridgehead atoms. The lowest BCUT2D eigenvalue weighted by Gasteiger charge is -2.07. The molecule has 2 atom stereocenters. The Morgan fingerprint density at radius 2 is 1.44 bits per heavy atom. The first kappa shape index (κ1) is 9.70. The van der Waals surface area contributed by atoms with Crippen LogP contribution in [0.2, 0.25) is 0 Å². The van der Waals surface area contributed by atoms with Crippen LogP contribution in [0.1, 0.15) is 18.5 Å². The van der Waals surface area contributed by atoms with Crippen LogP contribution in [0.15, 0.2) is 52.1 Å². The third kappa shape index (κ3) is 1.01. The van der Waals surface area contributed by atoms with Gasteiger partial charge in [0.15, 0.2) is 0 Å². The highest BCUT2D eigenvalue weighted by Crippen LogP contribution is 2.35. The molecule has 0 saturated carbocycles. The van der Waals surface area contributed by atoms with Gasteiger partial charge in [-0.1, -0.05) is 30.4 Å². The van der Waals surface area contributed by atoms with Gasteiger partial charge in [-0.15, -0.1) is 0 Å². The Hall–Kier alpha value is -2.30.